The molecule has 1 aromatic carbocycles. The second-order valence-corrected chi connectivity index (χ2v) is 8.44. The van der Waals surface area contributed by atoms with Gasteiger partial charge in [-0.1, -0.05) is 48.6 Å². The normalized spacial score (nSPS) is 26.3. The Labute approximate surface area is 174 Å². The molecule has 29 heavy (non-hydrogen) atoms. The third-order valence-electron chi connectivity index (χ3n) is 6.35. The average molecular weight is 392 g/mol. The van der Waals surface area contributed by atoms with Gasteiger partial charge in [-0.2, -0.15) is 0 Å². The van der Waals surface area contributed by atoms with Crippen LogP contribution < -0.4 is 16.6 Å². The van der Waals surface area contributed by atoms with Crippen LogP contribution in [0.4, 0.5) is 0 Å². The average Bonchev–Trinajstić information content (AvgIpc) is 3.51. The number of nitrogens with two attached hydrogens (primary N) is 1. The smallest absolute Gasteiger partial charge is 0.122 e. The Morgan fingerprint density at radius 1 is 1.17 bits per heavy atom. The molecule has 1 unspecified atom stereocenters. The van der Waals surface area contributed by atoms with E-state index in [1.165, 1.54) is 29.5 Å². The molecule has 4 rings (SSSR count). The molecule has 1 aliphatic carbocycles. The van der Waals surface area contributed by atoms with Crippen LogP contribution in [-0.2, 0) is 5.54 Å². The topological polar surface area (TPSA) is 56.6 Å². The maximum atomic E-state index is 5.82. The van der Waals surface area contributed by atoms with Crippen LogP contribution in [0.15, 0.2) is 72.2 Å². The minimum atomic E-state index is -0.370. The second kappa shape index (κ2) is 8.09. The van der Waals surface area contributed by atoms with Crippen LogP contribution in [0.1, 0.15) is 30.9 Å². The molecule has 0 aromatic heterocycles. The van der Waals surface area contributed by atoms with Crippen LogP contribution in [0.3, 0.4) is 0 Å². The van der Waals surface area contributed by atoms with E-state index in [1.54, 1.807) is 6.20 Å². The van der Waals surface area contributed by atoms with Gasteiger partial charge in [0.15, 0.2) is 0 Å². The molecule has 5 nitrogen and oxygen atoms in total. The molecular weight excluding hydrogens is 358 g/mol. The van der Waals surface area contributed by atoms with Gasteiger partial charge in [0, 0.05) is 37.8 Å². The minimum absolute atomic E-state index is 0.370. The minimum Gasteiger partial charge on any atom is -0.405 e. The molecule has 1 saturated carbocycles. The van der Waals surface area contributed by atoms with Crippen LogP contribution >= 0.6 is 0 Å². The standard InChI is InChI=1S/C24H33N5/c1-4-5-19(12-13-25)22-23(29-16-14-28(15-17-29)21-10-11-21)26-27-24(22,3)20-8-6-18(2)7-9-20/h4-9,12-13,21,26-27H,1,10-11,14-17,25H2,2-3H3/b13-12-,19-5+. The summed E-state index contributed by atoms with van der Waals surface area (Å²) in [5.74, 6) is 1.15. The van der Waals surface area contributed by atoms with Gasteiger partial charge in [0.05, 0.1) is 5.54 Å². The molecule has 0 amide bonds. The molecule has 2 heterocycles. The van der Waals surface area contributed by atoms with Crippen molar-refractivity contribution in [3.63, 3.8) is 0 Å². The molecule has 1 saturated heterocycles. The van der Waals surface area contributed by atoms with Crippen LogP contribution in [-0.4, -0.2) is 42.0 Å². The van der Waals surface area contributed by atoms with E-state index in [1.807, 2.05) is 18.2 Å². The monoisotopic (exact) mass is 391 g/mol. The summed E-state index contributed by atoms with van der Waals surface area (Å²) in [5, 5.41) is 0. The summed E-state index contributed by atoms with van der Waals surface area (Å²) in [6.45, 7) is 12.6. The predicted molar refractivity (Wildman–Crippen MR) is 120 cm³/mol. The van der Waals surface area contributed by atoms with Gasteiger partial charge in [-0.25, -0.2) is 5.43 Å². The van der Waals surface area contributed by atoms with E-state index < -0.39 is 0 Å². The van der Waals surface area contributed by atoms with Crippen molar-refractivity contribution in [2.75, 3.05) is 26.2 Å². The Kier molecular flexibility index (Phi) is 5.52. The number of hydrogen-bond donors (Lipinski definition) is 3. The molecule has 154 valence electrons. The van der Waals surface area contributed by atoms with Gasteiger partial charge in [-0.3, -0.25) is 4.90 Å². The Bertz CT molecular complexity index is 839. The lowest BCUT2D eigenvalue weighted by molar-refractivity contribution is 0.145. The van der Waals surface area contributed by atoms with Gasteiger partial charge in [0.2, 0.25) is 0 Å². The number of hydrogen-bond acceptors (Lipinski definition) is 5. The van der Waals surface area contributed by atoms with E-state index in [4.69, 9.17) is 5.73 Å². The summed E-state index contributed by atoms with van der Waals surface area (Å²) in [6.07, 6.45) is 10.2. The summed E-state index contributed by atoms with van der Waals surface area (Å²) < 4.78 is 0. The van der Waals surface area contributed by atoms with Gasteiger partial charge in [-0.05, 0) is 50.1 Å². The number of piperazine rings is 1. The fraction of sp³-hybridized carbons (Fsp3) is 0.417. The van der Waals surface area contributed by atoms with Crippen LogP contribution in [0.25, 0.3) is 0 Å². The van der Waals surface area contributed by atoms with Gasteiger partial charge >= 0.3 is 0 Å². The lowest BCUT2D eigenvalue weighted by Gasteiger charge is -2.37. The van der Waals surface area contributed by atoms with Crippen molar-refractivity contribution in [2.24, 2.45) is 5.73 Å². The Hall–Kier alpha value is -2.50. The molecular formula is C24H33N5. The molecule has 0 bridgehead atoms. The highest BCUT2D eigenvalue weighted by molar-refractivity contribution is 5.55. The first-order chi connectivity index (χ1) is 14.1. The highest BCUT2D eigenvalue weighted by Crippen LogP contribution is 2.40. The summed E-state index contributed by atoms with van der Waals surface area (Å²) >= 11 is 0. The number of aryl methyl sites for hydroxylation is 1. The van der Waals surface area contributed by atoms with Crippen molar-refractivity contribution >= 4 is 0 Å². The number of hydrazine groups is 1. The fourth-order valence-corrected chi connectivity index (χ4v) is 4.52. The van der Waals surface area contributed by atoms with E-state index in [9.17, 15) is 0 Å². The Balaban J connectivity index is 1.73. The van der Waals surface area contributed by atoms with Crippen molar-refractivity contribution in [3.8, 4) is 0 Å². The largest absolute Gasteiger partial charge is 0.405 e. The predicted octanol–water partition coefficient (Wildman–Crippen LogP) is 2.89. The molecule has 5 heteroatoms. The molecule has 1 aromatic rings. The number of benzene rings is 1. The summed E-state index contributed by atoms with van der Waals surface area (Å²) in [7, 11) is 0. The van der Waals surface area contributed by atoms with Crippen LogP contribution in [0, 0.1) is 6.92 Å². The van der Waals surface area contributed by atoms with E-state index >= 15 is 0 Å². The van der Waals surface area contributed by atoms with E-state index in [0.29, 0.717) is 0 Å². The van der Waals surface area contributed by atoms with Crippen LogP contribution in [0.2, 0.25) is 0 Å². The summed E-state index contributed by atoms with van der Waals surface area (Å²) in [5.41, 5.74) is 17.3. The highest BCUT2D eigenvalue weighted by atomic mass is 15.5. The SMILES string of the molecule is C=C/C=C(\C=C/N)C1=C(N2CCN(C3CC3)CC2)NNC1(C)c1ccc(C)cc1. The fourth-order valence-electron chi connectivity index (χ4n) is 4.52. The first kappa shape index (κ1) is 19.8. The molecule has 3 aliphatic rings. The molecule has 0 spiro atoms. The summed E-state index contributed by atoms with van der Waals surface area (Å²) in [6, 6.07) is 9.57. The lowest BCUT2D eigenvalue weighted by atomic mass is 9.81. The molecule has 2 aliphatic heterocycles. The van der Waals surface area contributed by atoms with Crippen molar-refractivity contribution in [1.82, 2.24) is 20.7 Å². The highest BCUT2D eigenvalue weighted by Gasteiger charge is 2.42. The van der Waals surface area contributed by atoms with Crippen LogP contribution in [0.5, 0.6) is 0 Å². The summed E-state index contributed by atoms with van der Waals surface area (Å²) in [4.78, 5) is 5.11. The van der Waals surface area contributed by atoms with E-state index in [0.717, 1.165) is 43.6 Å². The number of rotatable bonds is 6. The Morgan fingerprint density at radius 3 is 2.45 bits per heavy atom. The quantitative estimate of drug-likeness (QED) is 0.651. The Morgan fingerprint density at radius 2 is 1.86 bits per heavy atom. The van der Waals surface area contributed by atoms with Crippen molar-refractivity contribution in [3.05, 3.63) is 83.4 Å². The zero-order chi connectivity index (χ0) is 20.4. The van der Waals surface area contributed by atoms with E-state index in [-0.39, 0.29) is 5.54 Å². The van der Waals surface area contributed by atoms with E-state index in [2.05, 4.69) is 65.3 Å². The van der Waals surface area contributed by atoms with Crippen molar-refractivity contribution in [1.29, 1.82) is 0 Å². The van der Waals surface area contributed by atoms with Gasteiger partial charge < -0.3 is 16.1 Å². The first-order valence-corrected chi connectivity index (χ1v) is 10.6. The number of nitrogens with one attached hydrogen (secondary N) is 2. The molecule has 4 N–H and O–H groups in total. The lowest BCUT2D eigenvalue weighted by Crippen LogP contribution is -2.49. The van der Waals surface area contributed by atoms with Crippen molar-refractivity contribution < 1.29 is 0 Å². The van der Waals surface area contributed by atoms with Gasteiger partial charge in [0.25, 0.3) is 0 Å². The second-order valence-electron chi connectivity index (χ2n) is 8.44. The number of allylic oxidation sites excluding steroid dienone is 3. The third kappa shape index (κ3) is 3.85. The van der Waals surface area contributed by atoms with Gasteiger partial charge in [-0.15, -0.1) is 0 Å². The zero-order valence-corrected chi connectivity index (χ0v) is 17.6. The molecule has 2 fully saturated rings. The maximum Gasteiger partial charge on any atom is 0.122 e. The molecule has 1 atom stereocenters. The van der Waals surface area contributed by atoms with Gasteiger partial charge in [0.1, 0.15) is 5.82 Å². The first-order valence-electron chi connectivity index (χ1n) is 10.6. The molecule has 0 radical (unpaired) electrons. The maximum absolute atomic E-state index is 5.82. The zero-order valence-electron chi connectivity index (χ0n) is 17.6. The van der Waals surface area contributed by atoms with Crippen molar-refractivity contribution in [2.45, 2.75) is 38.3 Å². The number of nitrogens with zero attached hydrogens (tertiary/aromatic N) is 2. The third-order valence-corrected chi connectivity index (χ3v) is 6.35.